The molecule has 0 N–H and O–H groups in total. The zero-order valence-electron chi connectivity index (χ0n) is 6.39. The van der Waals surface area contributed by atoms with Crippen molar-refractivity contribution in [1.29, 1.82) is 0 Å². The van der Waals surface area contributed by atoms with Crippen LogP contribution in [0.5, 0.6) is 0 Å². The van der Waals surface area contributed by atoms with E-state index in [0.29, 0.717) is 0 Å². The molecule has 0 bridgehead atoms. The van der Waals surface area contributed by atoms with Gasteiger partial charge in [-0.2, -0.15) is 0 Å². The standard InChI is InChI=1S/C5H10NO.C2H6/c1-6-2-4-7-5-3-6;1-2/h1-5H2;1-2H3/q+1;. The van der Waals surface area contributed by atoms with Gasteiger partial charge in [0.15, 0.2) is 13.1 Å². The summed E-state index contributed by atoms with van der Waals surface area (Å²) in [6.45, 7) is 11.4. The molecule has 1 aliphatic rings. The van der Waals surface area contributed by atoms with Gasteiger partial charge >= 0.3 is 0 Å². The van der Waals surface area contributed by atoms with Crippen molar-refractivity contribution in [2.45, 2.75) is 13.8 Å². The first kappa shape index (κ1) is 8.63. The van der Waals surface area contributed by atoms with Crippen LogP contribution in [0.1, 0.15) is 13.8 Å². The lowest BCUT2D eigenvalue weighted by molar-refractivity contribution is -0.541. The van der Waals surface area contributed by atoms with Crippen LogP contribution < -0.4 is 0 Å². The van der Waals surface area contributed by atoms with Crippen LogP contribution in [0.15, 0.2) is 0 Å². The molecule has 9 heavy (non-hydrogen) atoms. The number of morpholine rings is 1. The van der Waals surface area contributed by atoms with E-state index in [1.54, 1.807) is 0 Å². The van der Waals surface area contributed by atoms with E-state index in [1.165, 1.54) is 0 Å². The van der Waals surface area contributed by atoms with Gasteiger partial charge in [-0.25, -0.2) is 4.58 Å². The Labute approximate surface area is 57.1 Å². The van der Waals surface area contributed by atoms with Crippen LogP contribution in [0, 0.1) is 0 Å². The Morgan fingerprint density at radius 3 is 1.89 bits per heavy atom. The van der Waals surface area contributed by atoms with Crippen molar-refractivity contribution in [2.75, 3.05) is 26.3 Å². The molecule has 0 spiro atoms. The highest BCUT2D eigenvalue weighted by Crippen LogP contribution is 1.84. The Bertz CT molecular complexity index is 73.0. The lowest BCUT2D eigenvalue weighted by Gasteiger charge is -2.07. The van der Waals surface area contributed by atoms with Crippen molar-refractivity contribution in [2.24, 2.45) is 0 Å². The summed E-state index contributed by atoms with van der Waals surface area (Å²) in [6, 6.07) is 0. The number of nitrogens with zero attached hydrogens (tertiary/aromatic N) is 1. The van der Waals surface area contributed by atoms with Crippen LogP contribution in [0.4, 0.5) is 0 Å². The van der Waals surface area contributed by atoms with Gasteiger partial charge in [-0.05, 0) is 0 Å². The predicted molar refractivity (Wildman–Crippen MR) is 39.3 cm³/mol. The second-order valence-electron chi connectivity index (χ2n) is 1.73. The van der Waals surface area contributed by atoms with Crippen molar-refractivity contribution < 1.29 is 9.31 Å². The highest BCUT2D eigenvalue weighted by Gasteiger charge is 2.05. The maximum atomic E-state index is 5.06. The zero-order valence-corrected chi connectivity index (χ0v) is 6.39. The number of rotatable bonds is 0. The first-order chi connectivity index (χ1) is 4.39. The average Bonchev–Trinajstić information content (AvgIpc) is 1.94. The van der Waals surface area contributed by atoms with Gasteiger partial charge in [-0.15, -0.1) is 0 Å². The lowest BCUT2D eigenvalue weighted by atomic mass is 10.5. The van der Waals surface area contributed by atoms with E-state index in [0.717, 1.165) is 26.3 Å². The second-order valence-corrected chi connectivity index (χ2v) is 1.73. The summed E-state index contributed by atoms with van der Waals surface area (Å²) >= 11 is 0. The topological polar surface area (TPSA) is 12.2 Å². The molecule has 0 aromatic heterocycles. The number of hydrogen-bond acceptors (Lipinski definition) is 1. The Balaban J connectivity index is 0.000000291. The fourth-order valence-electron chi connectivity index (χ4n) is 0.601. The monoisotopic (exact) mass is 130 g/mol. The SMILES string of the molecule is C=[N+]1CCOCC1.CC. The summed E-state index contributed by atoms with van der Waals surface area (Å²) in [5.74, 6) is 0. The molecule has 2 nitrogen and oxygen atoms in total. The molecule has 54 valence electrons. The van der Waals surface area contributed by atoms with Crippen LogP contribution in [0.2, 0.25) is 0 Å². The third-order valence-electron chi connectivity index (χ3n) is 1.10. The average molecular weight is 130 g/mol. The van der Waals surface area contributed by atoms with Gasteiger partial charge in [-0.3, -0.25) is 0 Å². The maximum Gasteiger partial charge on any atom is 0.165 e. The molecular weight excluding hydrogens is 114 g/mol. The molecule has 2 heteroatoms. The molecule has 1 heterocycles. The van der Waals surface area contributed by atoms with Gasteiger partial charge in [0.1, 0.15) is 19.9 Å². The van der Waals surface area contributed by atoms with E-state index in [-0.39, 0.29) is 0 Å². The molecule has 0 atom stereocenters. The van der Waals surface area contributed by atoms with E-state index in [1.807, 2.05) is 18.4 Å². The van der Waals surface area contributed by atoms with Crippen LogP contribution in [-0.2, 0) is 4.74 Å². The van der Waals surface area contributed by atoms with Gasteiger partial charge in [0.25, 0.3) is 0 Å². The van der Waals surface area contributed by atoms with Crippen molar-refractivity contribution in [1.82, 2.24) is 0 Å². The minimum atomic E-state index is 0.851. The molecule has 0 aromatic carbocycles. The summed E-state index contributed by atoms with van der Waals surface area (Å²) in [7, 11) is 0. The Morgan fingerprint density at radius 1 is 1.22 bits per heavy atom. The largest absolute Gasteiger partial charge is 0.368 e. The first-order valence-electron chi connectivity index (χ1n) is 3.53. The smallest absolute Gasteiger partial charge is 0.165 e. The molecule has 0 radical (unpaired) electrons. The van der Waals surface area contributed by atoms with Gasteiger partial charge in [0.05, 0.1) is 0 Å². The molecule has 1 saturated heterocycles. The predicted octanol–water partition coefficient (Wildman–Crippen LogP) is 0.756. The number of ether oxygens (including phenoxy) is 1. The van der Waals surface area contributed by atoms with Gasteiger partial charge in [0.2, 0.25) is 0 Å². The van der Waals surface area contributed by atoms with Gasteiger partial charge < -0.3 is 4.74 Å². The summed E-state index contributed by atoms with van der Waals surface area (Å²) in [5, 5.41) is 0. The van der Waals surface area contributed by atoms with Crippen molar-refractivity contribution in [3.05, 3.63) is 0 Å². The van der Waals surface area contributed by atoms with Crippen LogP contribution >= 0.6 is 0 Å². The molecule has 0 amide bonds. The van der Waals surface area contributed by atoms with Crippen molar-refractivity contribution in [3.63, 3.8) is 0 Å². The Hall–Kier alpha value is -0.370. The summed E-state index contributed by atoms with van der Waals surface area (Å²) in [4.78, 5) is 0. The number of hydrogen-bond donors (Lipinski definition) is 0. The molecule has 0 saturated carbocycles. The van der Waals surface area contributed by atoms with E-state index in [4.69, 9.17) is 4.74 Å². The minimum Gasteiger partial charge on any atom is -0.368 e. The van der Waals surface area contributed by atoms with E-state index in [9.17, 15) is 0 Å². The molecular formula is C7H16NO+. The highest BCUT2D eigenvalue weighted by atomic mass is 16.5. The molecule has 1 rings (SSSR count). The molecule has 0 aromatic rings. The fraction of sp³-hybridized carbons (Fsp3) is 0.857. The maximum absolute atomic E-state index is 5.06. The van der Waals surface area contributed by atoms with Crippen LogP contribution in [-0.4, -0.2) is 37.6 Å². The minimum absolute atomic E-state index is 0.851. The summed E-state index contributed by atoms with van der Waals surface area (Å²) in [6.07, 6.45) is 0. The zero-order chi connectivity index (χ0) is 7.11. The second kappa shape index (κ2) is 5.76. The molecule has 0 aliphatic carbocycles. The fourth-order valence-corrected chi connectivity index (χ4v) is 0.601. The van der Waals surface area contributed by atoms with E-state index >= 15 is 0 Å². The molecule has 1 aliphatic heterocycles. The quantitative estimate of drug-likeness (QED) is 0.441. The van der Waals surface area contributed by atoms with E-state index in [2.05, 4.69) is 6.72 Å². The lowest BCUT2D eigenvalue weighted by Crippen LogP contribution is -2.26. The van der Waals surface area contributed by atoms with E-state index < -0.39 is 0 Å². The summed E-state index contributed by atoms with van der Waals surface area (Å²) in [5.41, 5.74) is 0. The molecule has 1 fully saturated rings. The third kappa shape index (κ3) is 4.15. The van der Waals surface area contributed by atoms with Crippen molar-refractivity contribution in [3.8, 4) is 0 Å². The molecule has 0 unspecified atom stereocenters. The Morgan fingerprint density at radius 2 is 1.67 bits per heavy atom. The first-order valence-corrected chi connectivity index (χ1v) is 3.53. The third-order valence-corrected chi connectivity index (χ3v) is 1.10. The van der Waals surface area contributed by atoms with Crippen molar-refractivity contribution >= 4 is 6.72 Å². The summed E-state index contributed by atoms with van der Waals surface area (Å²) < 4.78 is 7.08. The van der Waals surface area contributed by atoms with Crippen LogP contribution in [0.25, 0.3) is 0 Å². The van der Waals surface area contributed by atoms with Gasteiger partial charge in [0, 0.05) is 0 Å². The normalized spacial score (nSPS) is 18.2. The van der Waals surface area contributed by atoms with Crippen LogP contribution in [0.3, 0.4) is 0 Å². The highest BCUT2D eigenvalue weighted by molar-refractivity contribution is 5.14. The van der Waals surface area contributed by atoms with Gasteiger partial charge in [-0.1, -0.05) is 13.8 Å². The Kier molecular flexibility index (Phi) is 5.52.